The molecule has 0 aromatic carbocycles. The van der Waals surface area contributed by atoms with Crippen LogP contribution in [0.4, 0.5) is 0 Å². The smallest absolute Gasteiger partial charge is 0.0443 e. The average Bonchev–Trinajstić information content (AvgIpc) is 2.33. The molecule has 1 radical (unpaired) electrons. The largest absolute Gasteiger partial charge is 0.0654 e. The molecule has 0 bridgehead atoms. The van der Waals surface area contributed by atoms with Crippen molar-refractivity contribution in [2.75, 3.05) is 0 Å². The molecule has 0 aliphatic rings. The van der Waals surface area contributed by atoms with E-state index in [0.29, 0.717) is 0 Å². The quantitative estimate of drug-likeness (QED) is 0.345. The summed E-state index contributed by atoms with van der Waals surface area (Å²) in [6.45, 7) is 11.0. The maximum absolute atomic E-state index is 3.97. The second-order valence-corrected chi connectivity index (χ2v) is 5.99. The molecule has 0 aromatic rings. The van der Waals surface area contributed by atoms with Crippen LogP contribution in [-0.4, -0.2) is 0 Å². The van der Waals surface area contributed by atoms with E-state index in [4.69, 9.17) is 0 Å². The summed E-state index contributed by atoms with van der Waals surface area (Å²) in [5.74, 6) is 1.77. The van der Waals surface area contributed by atoms with Gasteiger partial charge in [0.2, 0.25) is 0 Å². The Labute approximate surface area is 111 Å². The van der Waals surface area contributed by atoms with Crippen molar-refractivity contribution in [3.8, 4) is 0 Å². The highest BCUT2D eigenvalue weighted by Gasteiger charge is 2.04. The predicted octanol–water partition coefficient (Wildman–Crippen LogP) is 6.40. The van der Waals surface area contributed by atoms with Gasteiger partial charge in [-0.1, -0.05) is 98.3 Å². The predicted molar refractivity (Wildman–Crippen MR) is 80.1 cm³/mol. The van der Waals surface area contributed by atoms with E-state index in [2.05, 4.69) is 27.7 Å². The molecule has 17 heavy (non-hydrogen) atoms. The van der Waals surface area contributed by atoms with E-state index in [1.807, 2.05) is 0 Å². The van der Waals surface area contributed by atoms with Crippen LogP contribution in [0.3, 0.4) is 0 Å². The van der Waals surface area contributed by atoms with Crippen molar-refractivity contribution < 1.29 is 0 Å². The van der Waals surface area contributed by atoms with Crippen LogP contribution in [0, 0.1) is 18.8 Å². The molecule has 2 unspecified atom stereocenters. The van der Waals surface area contributed by atoms with Gasteiger partial charge >= 0.3 is 0 Å². The Morgan fingerprint density at radius 3 is 1.88 bits per heavy atom. The van der Waals surface area contributed by atoms with E-state index in [1.165, 1.54) is 64.2 Å². The van der Waals surface area contributed by atoms with E-state index >= 15 is 0 Å². The second kappa shape index (κ2) is 12.5. The van der Waals surface area contributed by atoms with Gasteiger partial charge in [-0.15, -0.1) is 0 Å². The first kappa shape index (κ1) is 17.0. The molecular formula is C17H35. The Morgan fingerprint density at radius 2 is 1.24 bits per heavy atom. The zero-order chi connectivity index (χ0) is 12.9. The molecule has 0 amide bonds. The van der Waals surface area contributed by atoms with Crippen LogP contribution in [0.2, 0.25) is 0 Å². The van der Waals surface area contributed by atoms with E-state index in [9.17, 15) is 0 Å². The fourth-order valence-corrected chi connectivity index (χ4v) is 2.38. The summed E-state index contributed by atoms with van der Waals surface area (Å²) in [7, 11) is 0. The minimum absolute atomic E-state index is 0.830. The fourth-order valence-electron chi connectivity index (χ4n) is 2.38. The third-order valence-corrected chi connectivity index (χ3v) is 3.94. The maximum Gasteiger partial charge on any atom is -0.0443 e. The first-order valence-corrected chi connectivity index (χ1v) is 7.99. The Balaban J connectivity index is 3.20. The van der Waals surface area contributed by atoms with Gasteiger partial charge in [-0.2, -0.15) is 0 Å². The van der Waals surface area contributed by atoms with Crippen LogP contribution in [0.15, 0.2) is 0 Å². The Bertz CT molecular complexity index is 139. The third-order valence-electron chi connectivity index (χ3n) is 3.94. The zero-order valence-electron chi connectivity index (χ0n) is 12.6. The minimum atomic E-state index is 0.830. The summed E-state index contributed by atoms with van der Waals surface area (Å²) in [6, 6.07) is 0. The van der Waals surface area contributed by atoms with Gasteiger partial charge < -0.3 is 0 Å². The van der Waals surface area contributed by atoms with Gasteiger partial charge in [-0.05, 0) is 11.8 Å². The molecule has 0 aliphatic carbocycles. The van der Waals surface area contributed by atoms with Gasteiger partial charge in [-0.3, -0.25) is 0 Å². The first-order valence-electron chi connectivity index (χ1n) is 7.99. The molecule has 2 atom stereocenters. The number of hydrogen-bond donors (Lipinski definition) is 0. The highest BCUT2D eigenvalue weighted by atomic mass is 14.1. The van der Waals surface area contributed by atoms with E-state index < -0.39 is 0 Å². The van der Waals surface area contributed by atoms with Gasteiger partial charge in [0.1, 0.15) is 0 Å². The molecule has 0 heterocycles. The fraction of sp³-hybridized carbons (Fsp3) is 0.941. The summed E-state index contributed by atoms with van der Waals surface area (Å²) in [5.41, 5.74) is 0. The van der Waals surface area contributed by atoms with Crippen LogP contribution in [-0.2, 0) is 0 Å². The lowest BCUT2D eigenvalue weighted by Crippen LogP contribution is -1.98. The summed E-state index contributed by atoms with van der Waals surface area (Å²) in [4.78, 5) is 0. The maximum atomic E-state index is 3.97. The monoisotopic (exact) mass is 239 g/mol. The highest BCUT2D eigenvalue weighted by molar-refractivity contribution is 4.59. The van der Waals surface area contributed by atoms with Crippen LogP contribution in [0.1, 0.15) is 91.4 Å². The van der Waals surface area contributed by atoms with Gasteiger partial charge in [0.25, 0.3) is 0 Å². The zero-order valence-corrected chi connectivity index (χ0v) is 12.6. The van der Waals surface area contributed by atoms with Crippen molar-refractivity contribution in [3.63, 3.8) is 0 Å². The highest BCUT2D eigenvalue weighted by Crippen LogP contribution is 2.19. The van der Waals surface area contributed by atoms with Crippen LogP contribution in [0.5, 0.6) is 0 Å². The van der Waals surface area contributed by atoms with Crippen molar-refractivity contribution in [2.45, 2.75) is 91.4 Å². The van der Waals surface area contributed by atoms with Gasteiger partial charge in [0.05, 0.1) is 0 Å². The summed E-state index contributed by atoms with van der Waals surface area (Å²) in [6.07, 6.45) is 15.4. The van der Waals surface area contributed by atoms with Gasteiger partial charge in [-0.25, -0.2) is 0 Å². The molecule has 0 heteroatoms. The molecule has 0 aliphatic heterocycles. The van der Waals surface area contributed by atoms with Gasteiger partial charge in [0.15, 0.2) is 0 Å². The topological polar surface area (TPSA) is 0 Å². The molecule has 0 N–H and O–H groups in total. The van der Waals surface area contributed by atoms with Crippen molar-refractivity contribution >= 4 is 0 Å². The van der Waals surface area contributed by atoms with Crippen LogP contribution >= 0.6 is 0 Å². The van der Waals surface area contributed by atoms with Crippen molar-refractivity contribution in [3.05, 3.63) is 6.92 Å². The van der Waals surface area contributed by atoms with Crippen molar-refractivity contribution in [2.24, 2.45) is 11.8 Å². The van der Waals surface area contributed by atoms with Crippen LogP contribution in [0.25, 0.3) is 0 Å². The first-order chi connectivity index (χ1) is 8.20. The summed E-state index contributed by atoms with van der Waals surface area (Å²) >= 11 is 0. The van der Waals surface area contributed by atoms with E-state index in [-0.39, 0.29) is 0 Å². The molecule has 0 saturated carbocycles. The second-order valence-electron chi connectivity index (χ2n) is 5.99. The summed E-state index contributed by atoms with van der Waals surface area (Å²) in [5, 5.41) is 0. The molecule has 0 rings (SSSR count). The minimum Gasteiger partial charge on any atom is -0.0654 e. The lowest BCUT2D eigenvalue weighted by molar-refractivity contribution is 0.410. The lowest BCUT2D eigenvalue weighted by atomic mass is 9.93. The SMILES string of the molecule is [CH2]CC(C)CCCC(C)CCCCCCCC. The van der Waals surface area contributed by atoms with Gasteiger partial charge in [0, 0.05) is 0 Å². The third kappa shape index (κ3) is 12.2. The molecule has 0 fully saturated rings. The van der Waals surface area contributed by atoms with E-state index in [0.717, 1.165) is 18.3 Å². The van der Waals surface area contributed by atoms with Crippen molar-refractivity contribution in [1.29, 1.82) is 0 Å². The molecule has 0 nitrogen and oxygen atoms in total. The Morgan fingerprint density at radius 1 is 0.706 bits per heavy atom. The molecule has 0 saturated heterocycles. The average molecular weight is 239 g/mol. The molecule has 103 valence electrons. The Kier molecular flexibility index (Phi) is 12.5. The molecular weight excluding hydrogens is 204 g/mol. The molecule has 0 spiro atoms. The van der Waals surface area contributed by atoms with Crippen molar-refractivity contribution in [1.82, 2.24) is 0 Å². The van der Waals surface area contributed by atoms with Crippen LogP contribution < -0.4 is 0 Å². The molecule has 0 aromatic heterocycles. The van der Waals surface area contributed by atoms with E-state index in [1.54, 1.807) is 0 Å². The number of hydrogen-bond acceptors (Lipinski definition) is 0. The number of unbranched alkanes of at least 4 members (excludes halogenated alkanes) is 5. The lowest BCUT2D eigenvalue weighted by Gasteiger charge is -2.13. The Hall–Kier alpha value is 0. The number of rotatable bonds is 12. The standard InChI is InChI=1S/C17H35/c1-5-7-8-9-10-11-13-17(4)15-12-14-16(3)6-2/h16-17H,2,5-15H2,1,3-4H3. The summed E-state index contributed by atoms with van der Waals surface area (Å²) < 4.78 is 0. The normalized spacial score (nSPS) is 14.8.